The van der Waals surface area contributed by atoms with Gasteiger partial charge in [-0.3, -0.25) is 19.7 Å². The SMILES string of the molecule is COC[C@@H](C)N1C[C@@H](C(=O)Nc2ccc(Cl)c([N+](=O)[O-])c2)CC1=O. The first-order valence-electron chi connectivity index (χ1n) is 7.36. The molecule has 1 saturated heterocycles. The van der Waals surface area contributed by atoms with Gasteiger partial charge in [-0.2, -0.15) is 0 Å². The van der Waals surface area contributed by atoms with Crippen molar-refractivity contribution in [3.8, 4) is 0 Å². The highest BCUT2D eigenvalue weighted by molar-refractivity contribution is 6.32. The second-order valence-electron chi connectivity index (χ2n) is 5.66. The van der Waals surface area contributed by atoms with E-state index in [1.165, 1.54) is 18.2 Å². The number of halogens is 1. The maximum absolute atomic E-state index is 12.3. The van der Waals surface area contributed by atoms with Gasteiger partial charge in [0.2, 0.25) is 11.8 Å². The molecule has 0 unspecified atom stereocenters. The molecule has 1 aromatic rings. The van der Waals surface area contributed by atoms with Crippen LogP contribution in [0.15, 0.2) is 18.2 Å². The highest BCUT2D eigenvalue weighted by Gasteiger charge is 2.36. The Hall–Kier alpha value is -2.19. The summed E-state index contributed by atoms with van der Waals surface area (Å²) in [5.74, 6) is -0.972. The van der Waals surface area contributed by atoms with Crippen molar-refractivity contribution < 1.29 is 19.2 Å². The van der Waals surface area contributed by atoms with Crippen molar-refractivity contribution in [3.05, 3.63) is 33.3 Å². The zero-order valence-electron chi connectivity index (χ0n) is 13.3. The van der Waals surface area contributed by atoms with Gasteiger partial charge in [0.1, 0.15) is 5.02 Å². The molecule has 1 fully saturated rings. The second kappa shape index (κ2) is 7.59. The van der Waals surface area contributed by atoms with E-state index in [4.69, 9.17) is 16.3 Å². The lowest BCUT2D eigenvalue weighted by molar-refractivity contribution is -0.384. The lowest BCUT2D eigenvalue weighted by Gasteiger charge is -2.23. The Morgan fingerprint density at radius 2 is 2.29 bits per heavy atom. The molecular formula is C15H18ClN3O5. The Balaban J connectivity index is 2.04. The molecule has 0 saturated carbocycles. The van der Waals surface area contributed by atoms with Crippen LogP contribution in [0.1, 0.15) is 13.3 Å². The average Bonchev–Trinajstić information content (AvgIpc) is 2.91. The Bertz CT molecular complexity index is 667. The number of amides is 2. The number of methoxy groups -OCH3 is 1. The van der Waals surface area contributed by atoms with Crippen molar-refractivity contribution in [3.63, 3.8) is 0 Å². The van der Waals surface area contributed by atoms with Crippen LogP contribution in [0.4, 0.5) is 11.4 Å². The Labute approximate surface area is 143 Å². The molecule has 130 valence electrons. The zero-order chi connectivity index (χ0) is 17.9. The Kier molecular flexibility index (Phi) is 5.74. The van der Waals surface area contributed by atoms with Crippen LogP contribution >= 0.6 is 11.6 Å². The molecule has 1 N–H and O–H groups in total. The van der Waals surface area contributed by atoms with Crippen LogP contribution in [0.2, 0.25) is 5.02 Å². The highest BCUT2D eigenvalue weighted by Crippen LogP contribution is 2.28. The van der Waals surface area contributed by atoms with Crippen molar-refractivity contribution in [1.82, 2.24) is 4.90 Å². The summed E-state index contributed by atoms with van der Waals surface area (Å²) in [6.07, 6.45) is 0.107. The predicted octanol–water partition coefficient (Wildman–Crippen LogP) is 2.07. The Morgan fingerprint density at radius 1 is 1.58 bits per heavy atom. The second-order valence-corrected chi connectivity index (χ2v) is 6.07. The van der Waals surface area contributed by atoms with Gasteiger partial charge in [-0.1, -0.05) is 11.6 Å². The zero-order valence-corrected chi connectivity index (χ0v) is 14.1. The first kappa shape index (κ1) is 18.2. The fourth-order valence-corrected chi connectivity index (χ4v) is 2.83. The molecule has 2 rings (SSSR count). The molecule has 9 heteroatoms. The normalized spacial score (nSPS) is 18.5. The van der Waals surface area contributed by atoms with E-state index in [-0.39, 0.29) is 40.7 Å². The fourth-order valence-electron chi connectivity index (χ4n) is 2.64. The van der Waals surface area contributed by atoms with E-state index in [1.54, 1.807) is 12.0 Å². The van der Waals surface area contributed by atoms with Crippen LogP contribution in [0.25, 0.3) is 0 Å². The number of carbonyl (C=O) groups excluding carboxylic acids is 2. The van der Waals surface area contributed by atoms with Crippen molar-refractivity contribution in [2.75, 3.05) is 25.6 Å². The van der Waals surface area contributed by atoms with E-state index >= 15 is 0 Å². The topological polar surface area (TPSA) is 102 Å². The summed E-state index contributed by atoms with van der Waals surface area (Å²) in [6.45, 7) is 2.54. The van der Waals surface area contributed by atoms with E-state index < -0.39 is 10.8 Å². The van der Waals surface area contributed by atoms with Crippen LogP contribution < -0.4 is 5.32 Å². The number of benzene rings is 1. The van der Waals surface area contributed by atoms with E-state index in [2.05, 4.69) is 5.32 Å². The number of nitrogens with zero attached hydrogens (tertiary/aromatic N) is 2. The third-order valence-corrected chi connectivity index (χ3v) is 4.20. The van der Waals surface area contributed by atoms with Gasteiger partial charge in [0.05, 0.1) is 23.5 Å². The van der Waals surface area contributed by atoms with Crippen LogP contribution in [0.5, 0.6) is 0 Å². The number of anilines is 1. The molecule has 0 aromatic heterocycles. The fraction of sp³-hybridized carbons (Fsp3) is 0.467. The predicted molar refractivity (Wildman–Crippen MR) is 87.9 cm³/mol. The molecule has 8 nitrogen and oxygen atoms in total. The quantitative estimate of drug-likeness (QED) is 0.621. The van der Waals surface area contributed by atoms with Crippen LogP contribution in [0, 0.1) is 16.0 Å². The first-order valence-corrected chi connectivity index (χ1v) is 7.74. The van der Waals surface area contributed by atoms with Gasteiger partial charge >= 0.3 is 0 Å². The number of nitrogens with one attached hydrogen (secondary N) is 1. The average molecular weight is 356 g/mol. The molecule has 0 radical (unpaired) electrons. The smallest absolute Gasteiger partial charge is 0.289 e. The number of rotatable bonds is 6. The third kappa shape index (κ3) is 4.01. The first-order chi connectivity index (χ1) is 11.3. The number of nitro groups is 1. The number of hydrogen-bond acceptors (Lipinski definition) is 5. The number of nitro benzene ring substituents is 1. The molecule has 2 amide bonds. The third-order valence-electron chi connectivity index (χ3n) is 3.88. The minimum atomic E-state index is -0.620. The molecule has 1 heterocycles. The standard InChI is InChI=1S/C15H18ClN3O5/c1-9(8-24-2)18-7-10(5-14(18)20)15(21)17-11-3-4-12(16)13(6-11)19(22)23/h3-4,6,9-10H,5,7-8H2,1-2H3,(H,17,21)/t9-,10+/m1/s1. The number of hydrogen-bond donors (Lipinski definition) is 1. The molecular weight excluding hydrogens is 338 g/mol. The molecule has 1 aliphatic heterocycles. The Morgan fingerprint density at radius 3 is 2.92 bits per heavy atom. The molecule has 24 heavy (non-hydrogen) atoms. The molecule has 0 aliphatic carbocycles. The van der Waals surface area contributed by atoms with Gasteiger partial charge in [-0.25, -0.2) is 0 Å². The summed E-state index contributed by atoms with van der Waals surface area (Å²) in [4.78, 5) is 36.2. The number of ether oxygens (including phenoxy) is 1. The van der Waals surface area contributed by atoms with Crippen molar-refractivity contribution >= 4 is 34.8 Å². The molecule has 1 aliphatic rings. The van der Waals surface area contributed by atoms with Crippen LogP contribution in [-0.4, -0.2) is 47.9 Å². The van der Waals surface area contributed by atoms with Gasteiger partial charge in [0.15, 0.2) is 0 Å². The maximum atomic E-state index is 12.3. The lowest BCUT2D eigenvalue weighted by Crippen LogP contribution is -2.38. The summed E-state index contributed by atoms with van der Waals surface area (Å²) in [7, 11) is 1.55. The number of carbonyl (C=O) groups is 2. The summed E-state index contributed by atoms with van der Waals surface area (Å²) in [5, 5.41) is 13.5. The van der Waals surface area contributed by atoms with Crippen molar-refractivity contribution in [2.45, 2.75) is 19.4 Å². The van der Waals surface area contributed by atoms with Crippen LogP contribution in [-0.2, 0) is 14.3 Å². The number of likely N-dealkylation sites (tertiary alicyclic amines) is 1. The lowest BCUT2D eigenvalue weighted by atomic mass is 10.1. The highest BCUT2D eigenvalue weighted by atomic mass is 35.5. The van der Waals surface area contributed by atoms with Gasteiger partial charge in [-0.15, -0.1) is 0 Å². The van der Waals surface area contributed by atoms with Gasteiger partial charge in [0.25, 0.3) is 5.69 Å². The van der Waals surface area contributed by atoms with E-state index in [0.717, 1.165) is 0 Å². The van der Waals surface area contributed by atoms with Gasteiger partial charge in [-0.05, 0) is 19.1 Å². The van der Waals surface area contributed by atoms with Crippen molar-refractivity contribution in [2.24, 2.45) is 5.92 Å². The van der Waals surface area contributed by atoms with E-state index in [0.29, 0.717) is 13.2 Å². The summed E-state index contributed by atoms with van der Waals surface area (Å²) in [5.41, 5.74) is -0.0146. The van der Waals surface area contributed by atoms with E-state index in [9.17, 15) is 19.7 Å². The van der Waals surface area contributed by atoms with Crippen molar-refractivity contribution in [1.29, 1.82) is 0 Å². The minimum Gasteiger partial charge on any atom is -0.383 e. The minimum absolute atomic E-state index is 0.00592. The van der Waals surface area contributed by atoms with E-state index in [1.807, 2.05) is 6.92 Å². The summed E-state index contributed by atoms with van der Waals surface area (Å²) < 4.78 is 5.03. The summed E-state index contributed by atoms with van der Waals surface area (Å²) in [6, 6.07) is 3.91. The van der Waals surface area contributed by atoms with Gasteiger partial charge in [0, 0.05) is 31.8 Å². The van der Waals surface area contributed by atoms with Crippen LogP contribution in [0.3, 0.4) is 0 Å². The molecule has 1 aromatic carbocycles. The molecule has 0 spiro atoms. The maximum Gasteiger partial charge on any atom is 0.289 e. The monoisotopic (exact) mass is 355 g/mol. The summed E-state index contributed by atoms with van der Waals surface area (Å²) >= 11 is 5.74. The molecule has 0 bridgehead atoms. The van der Waals surface area contributed by atoms with Gasteiger partial charge < -0.3 is 15.0 Å². The molecule has 2 atom stereocenters. The largest absolute Gasteiger partial charge is 0.383 e.